The fourth-order valence-corrected chi connectivity index (χ4v) is 1.43. The van der Waals surface area contributed by atoms with Gasteiger partial charge in [-0.3, -0.25) is 0 Å². The molecule has 84 valence electrons. The Morgan fingerprint density at radius 2 is 2.07 bits per heavy atom. The summed E-state index contributed by atoms with van der Waals surface area (Å²) in [6, 6.07) is 3.72. The summed E-state index contributed by atoms with van der Waals surface area (Å²) in [5, 5.41) is 17.8. The van der Waals surface area contributed by atoms with Gasteiger partial charge in [-0.2, -0.15) is 0 Å². The van der Waals surface area contributed by atoms with Gasteiger partial charge in [0, 0.05) is 19.3 Å². The molecule has 15 heavy (non-hydrogen) atoms. The first-order valence-electron chi connectivity index (χ1n) is 5.23. The Bertz CT molecular complexity index is 268. The van der Waals surface area contributed by atoms with Gasteiger partial charge in [-0.1, -0.05) is 13.0 Å². The smallest absolute Gasteiger partial charge is 0.128 e. The van der Waals surface area contributed by atoms with Crippen molar-refractivity contribution in [2.24, 2.45) is 0 Å². The third-order valence-corrected chi connectivity index (χ3v) is 2.18. The maximum absolute atomic E-state index is 8.92. The standard InChI is InChI=1S/C11H18N2O2/c1-2-5-13(6-7-14)11-4-3-10(9-15)8-12-11/h3-4,8,14-15H,2,5-7,9H2,1H3. The van der Waals surface area contributed by atoms with E-state index in [4.69, 9.17) is 10.2 Å². The molecule has 1 aromatic heterocycles. The van der Waals surface area contributed by atoms with E-state index in [1.54, 1.807) is 6.20 Å². The normalized spacial score (nSPS) is 10.3. The second kappa shape index (κ2) is 6.37. The molecule has 0 aliphatic carbocycles. The molecule has 0 aromatic carbocycles. The Morgan fingerprint density at radius 3 is 2.53 bits per heavy atom. The topological polar surface area (TPSA) is 56.6 Å². The molecule has 0 amide bonds. The van der Waals surface area contributed by atoms with E-state index < -0.39 is 0 Å². The molecule has 4 nitrogen and oxygen atoms in total. The van der Waals surface area contributed by atoms with Crippen molar-refractivity contribution in [1.29, 1.82) is 0 Å². The highest BCUT2D eigenvalue weighted by Crippen LogP contribution is 2.11. The van der Waals surface area contributed by atoms with Crippen molar-refractivity contribution >= 4 is 5.82 Å². The number of aromatic nitrogens is 1. The summed E-state index contributed by atoms with van der Waals surface area (Å²) in [4.78, 5) is 6.27. The van der Waals surface area contributed by atoms with Gasteiger partial charge in [0.2, 0.25) is 0 Å². The third kappa shape index (κ3) is 3.49. The van der Waals surface area contributed by atoms with Crippen LogP contribution < -0.4 is 4.90 Å². The van der Waals surface area contributed by atoms with Crippen LogP contribution in [0.15, 0.2) is 18.3 Å². The van der Waals surface area contributed by atoms with E-state index in [-0.39, 0.29) is 13.2 Å². The van der Waals surface area contributed by atoms with Crippen molar-refractivity contribution in [3.05, 3.63) is 23.9 Å². The van der Waals surface area contributed by atoms with Crippen molar-refractivity contribution in [2.75, 3.05) is 24.6 Å². The van der Waals surface area contributed by atoms with E-state index in [0.29, 0.717) is 6.54 Å². The molecule has 0 spiro atoms. The van der Waals surface area contributed by atoms with E-state index in [2.05, 4.69) is 11.9 Å². The predicted molar refractivity (Wildman–Crippen MR) is 59.7 cm³/mol. The van der Waals surface area contributed by atoms with Crippen molar-refractivity contribution in [1.82, 2.24) is 4.98 Å². The van der Waals surface area contributed by atoms with Gasteiger partial charge in [0.25, 0.3) is 0 Å². The summed E-state index contributed by atoms with van der Waals surface area (Å²) in [7, 11) is 0. The van der Waals surface area contributed by atoms with Gasteiger partial charge in [-0.05, 0) is 18.1 Å². The molecule has 0 atom stereocenters. The van der Waals surface area contributed by atoms with Crippen molar-refractivity contribution < 1.29 is 10.2 Å². The van der Waals surface area contributed by atoms with Gasteiger partial charge in [0.15, 0.2) is 0 Å². The van der Waals surface area contributed by atoms with E-state index in [9.17, 15) is 0 Å². The molecule has 0 saturated carbocycles. The van der Waals surface area contributed by atoms with E-state index in [1.165, 1.54) is 0 Å². The summed E-state index contributed by atoms with van der Waals surface area (Å²) >= 11 is 0. The van der Waals surface area contributed by atoms with Crippen LogP contribution in [0, 0.1) is 0 Å². The molecule has 1 aromatic rings. The van der Waals surface area contributed by atoms with Crippen LogP contribution in [0.1, 0.15) is 18.9 Å². The Hall–Kier alpha value is -1.13. The van der Waals surface area contributed by atoms with E-state index in [1.807, 2.05) is 17.0 Å². The number of nitrogens with zero attached hydrogens (tertiary/aromatic N) is 2. The zero-order valence-electron chi connectivity index (χ0n) is 9.06. The highest BCUT2D eigenvalue weighted by atomic mass is 16.3. The average molecular weight is 210 g/mol. The molecule has 0 radical (unpaired) electrons. The van der Waals surface area contributed by atoms with Crippen molar-refractivity contribution in [3.8, 4) is 0 Å². The monoisotopic (exact) mass is 210 g/mol. The van der Waals surface area contributed by atoms with Gasteiger partial charge in [-0.25, -0.2) is 4.98 Å². The molecule has 2 N–H and O–H groups in total. The zero-order chi connectivity index (χ0) is 11.1. The summed E-state index contributed by atoms with van der Waals surface area (Å²) in [6.07, 6.45) is 2.68. The molecule has 4 heteroatoms. The number of aliphatic hydroxyl groups excluding tert-OH is 2. The van der Waals surface area contributed by atoms with Gasteiger partial charge in [0.05, 0.1) is 13.2 Å². The lowest BCUT2D eigenvalue weighted by atomic mass is 10.3. The molecule has 1 heterocycles. The number of rotatable bonds is 6. The average Bonchev–Trinajstić information content (AvgIpc) is 2.29. The van der Waals surface area contributed by atoms with Crippen LogP contribution in [0.2, 0.25) is 0 Å². The fraction of sp³-hybridized carbons (Fsp3) is 0.545. The Balaban J connectivity index is 2.72. The number of hydrogen-bond donors (Lipinski definition) is 2. The lowest BCUT2D eigenvalue weighted by Gasteiger charge is -2.22. The first-order chi connectivity index (χ1) is 7.31. The predicted octanol–water partition coefficient (Wildman–Crippen LogP) is 0.783. The van der Waals surface area contributed by atoms with Crippen LogP contribution in [0.3, 0.4) is 0 Å². The molecule has 0 saturated heterocycles. The molecule has 1 rings (SSSR count). The summed E-state index contributed by atoms with van der Waals surface area (Å²) in [6.45, 7) is 3.71. The number of anilines is 1. The summed E-state index contributed by atoms with van der Waals surface area (Å²) in [5.74, 6) is 0.850. The van der Waals surface area contributed by atoms with Crippen molar-refractivity contribution in [3.63, 3.8) is 0 Å². The van der Waals surface area contributed by atoms with Crippen LogP contribution in [-0.2, 0) is 6.61 Å². The summed E-state index contributed by atoms with van der Waals surface area (Å²) in [5.41, 5.74) is 0.805. The van der Waals surface area contributed by atoms with Gasteiger partial charge in [-0.15, -0.1) is 0 Å². The molecule has 0 bridgehead atoms. The third-order valence-electron chi connectivity index (χ3n) is 2.18. The first kappa shape index (κ1) is 11.9. The van der Waals surface area contributed by atoms with Crippen LogP contribution in [0.5, 0.6) is 0 Å². The lowest BCUT2D eigenvalue weighted by Crippen LogP contribution is -2.28. The lowest BCUT2D eigenvalue weighted by molar-refractivity contribution is 0.281. The van der Waals surface area contributed by atoms with Crippen LogP contribution in [-0.4, -0.2) is 34.9 Å². The Morgan fingerprint density at radius 1 is 1.27 bits per heavy atom. The van der Waals surface area contributed by atoms with Crippen LogP contribution in [0.25, 0.3) is 0 Å². The van der Waals surface area contributed by atoms with Crippen molar-refractivity contribution in [2.45, 2.75) is 20.0 Å². The quantitative estimate of drug-likeness (QED) is 0.728. The molecular weight excluding hydrogens is 192 g/mol. The van der Waals surface area contributed by atoms with Gasteiger partial charge in [0.1, 0.15) is 5.82 Å². The minimum absolute atomic E-state index is 0.0149. The Kier molecular flexibility index (Phi) is 5.07. The second-order valence-corrected chi connectivity index (χ2v) is 3.39. The Labute approximate surface area is 90.2 Å². The minimum Gasteiger partial charge on any atom is -0.395 e. The SMILES string of the molecule is CCCN(CCO)c1ccc(CO)cn1. The first-order valence-corrected chi connectivity index (χ1v) is 5.23. The molecule has 0 aliphatic rings. The van der Waals surface area contributed by atoms with E-state index >= 15 is 0 Å². The highest BCUT2D eigenvalue weighted by molar-refractivity contribution is 5.39. The van der Waals surface area contributed by atoms with Gasteiger partial charge < -0.3 is 15.1 Å². The number of hydrogen-bond acceptors (Lipinski definition) is 4. The zero-order valence-corrected chi connectivity index (χ0v) is 9.06. The molecular formula is C11H18N2O2. The molecule has 0 aliphatic heterocycles. The largest absolute Gasteiger partial charge is 0.395 e. The number of pyridine rings is 1. The molecule has 0 fully saturated rings. The fourth-order valence-electron chi connectivity index (χ4n) is 1.43. The van der Waals surface area contributed by atoms with Crippen LogP contribution in [0.4, 0.5) is 5.82 Å². The minimum atomic E-state index is 0.0149. The number of aliphatic hydroxyl groups is 2. The van der Waals surface area contributed by atoms with Crippen LogP contribution >= 0.6 is 0 Å². The molecule has 0 unspecified atom stereocenters. The summed E-state index contributed by atoms with van der Waals surface area (Å²) < 4.78 is 0. The highest BCUT2D eigenvalue weighted by Gasteiger charge is 2.05. The second-order valence-electron chi connectivity index (χ2n) is 3.39. The maximum Gasteiger partial charge on any atom is 0.128 e. The van der Waals surface area contributed by atoms with Gasteiger partial charge >= 0.3 is 0 Å². The van der Waals surface area contributed by atoms with E-state index in [0.717, 1.165) is 24.3 Å². The maximum atomic E-state index is 8.92.